The minimum Gasteiger partial charge on any atom is -0.322 e. The van der Waals surface area contributed by atoms with E-state index in [9.17, 15) is 14.9 Å². The number of amides is 1. The quantitative estimate of drug-likeness (QED) is 0.633. The van der Waals surface area contributed by atoms with Gasteiger partial charge in [0.25, 0.3) is 5.69 Å². The average Bonchev–Trinajstić information content (AvgIpc) is 3.21. The van der Waals surface area contributed by atoms with Gasteiger partial charge < -0.3 is 4.90 Å². The van der Waals surface area contributed by atoms with E-state index in [0.717, 1.165) is 12.3 Å². The number of nitrogens with zero attached hydrogens (tertiary/aromatic N) is 2. The highest BCUT2D eigenvalue weighted by Gasteiger charge is 2.49. The molecule has 0 spiro atoms. The number of nitro groups is 1. The summed E-state index contributed by atoms with van der Waals surface area (Å²) >= 11 is 1.53. The van der Waals surface area contributed by atoms with Crippen molar-refractivity contribution in [2.45, 2.75) is 37.1 Å². The molecule has 1 aromatic rings. The number of hydrogen-bond donors (Lipinski definition) is 0. The monoisotopic (exact) mass is 318 g/mol. The Kier molecular flexibility index (Phi) is 3.36. The number of fused-ring (bicyclic) bond motifs is 2. The molecule has 3 aliphatic rings. The van der Waals surface area contributed by atoms with E-state index < -0.39 is 0 Å². The first-order chi connectivity index (χ1) is 10.6. The van der Waals surface area contributed by atoms with E-state index >= 15 is 0 Å². The molecule has 0 unspecified atom stereocenters. The van der Waals surface area contributed by atoms with Crippen LogP contribution in [-0.2, 0) is 4.79 Å². The smallest absolute Gasteiger partial charge is 0.275 e. The first-order valence-electron chi connectivity index (χ1n) is 7.81. The van der Waals surface area contributed by atoms with Crippen molar-refractivity contribution in [3.63, 3.8) is 0 Å². The van der Waals surface area contributed by atoms with Gasteiger partial charge in [-0.1, -0.05) is 18.6 Å². The Morgan fingerprint density at radius 1 is 1.23 bits per heavy atom. The molecule has 0 radical (unpaired) electrons. The first kappa shape index (κ1) is 14.1. The summed E-state index contributed by atoms with van der Waals surface area (Å²) < 4.78 is 0. The Labute approximate surface area is 133 Å². The van der Waals surface area contributed by atoms with Gasteiger partial charge in [-0.15, -0.1) is 11.8 Å². The molecule has 4 rings (SSSR count). The molecule has 1 aromatic carbocycles. The van der Waals surface area contributed by atoms with Crippen LogP contribution in [0, 0.1) is 22.0 Å². The molecule has 116 valence electrons. The van der Waals surface area contributed by atoms with Crippen molar-refractivity contribution in [2.24, 2.45) is 11.8 Å². The molecular formula is C16H18N2O3S. The second kappa shape index (κ2) is 5.26. The Bertz CT molecular complexity index is 636. The number of carbonyl (C=O) groups excluding carboxylic acids is 1. The molecule has 2 bridgehead atoms. The van der Waals surface area contributed by atoms with Gasteiger partial charge in [0.1, 0.15) is 5.37 Å². The minimum absolute atomic E-state index is 0.128. The van der Waals surface area contributed by atoms with Gasteiger partial charge in [0.2, 0.25) is 5.91 Å². The SMILES string of the molecule is O=C1CS[C@@H](c2ccccc2[N+](=O)[O-])N1[C@H]1C[C@H]2CC[C@H]1C2. The fraction of sp³-hybridized carbons (Fsp3) is 0.562. The molecule has 0 aromatic heterocycles. The van der Waals surface area contributed by atoms with Gasteiger partial charge in [0, 0.05) is 12.1 Å². The standard InChI is InChI=1S/C16H18N2O3S/c19-15-9-22-16(12-3-1-2-4-13(12)18(20)21)17(15)14-8-10-5-6-11(14)7-10/h1-4,10-11,14,16H,5-9H2/t10-,11-,14-,16-/m0/s1. The molecule has 2 aliphatic carbocycles. The minimum atomic E-state index is -0.336. The summed E-state index contributed by atoms with van der Waals surface area (Å²) in [4.78, 5) is 25.4. The summed E-state index contributed by atoms with van der Waals surface area (Å²) in [5.41, 5.74) is 0.800. The van der Waals surface area contributed by atoms with Gasteiger partial charge >= 0.3 is 0 Å². The normalized spacial score (nSPS) is 33.6. The third-order valence-electron chi connectivity index (χ3n) is 5.36. The van der Waals surface area contributed by atoms with E-state index in [-0.39, 0.29) is 27.9 Å². The largest absolute Gasteiger partial charge is 0.322 e. The summed E-state index contributed by atoms with van der Waals surface area (Å²) in [5, 5.41) is 11.1. The zero-order chi connectivity index (χ0) is 15.3. The summed E-state index contributed by atoms with van der Waals surface area (Å²) in [6, 6.07) is 7.13. The summed E-state index contributed by atoms with van der Waals surface area (Å²) in [5.74, 6) is 1.92. The lowest BCUT2D eigenvalue weighted by atomic mass is 9.93. The highest BCUT2D eigenvalue weighted by molar-refractivity contribution is 8.00. The topological polar surface area (TPSA) is 63.4 Å². The van der Waals surface area contributed by atoms with E-state index in [1.165, 1.54) is 37.1 Å². The molecule has 3 fully saturated rings. The highest BCUT2D eigenvalue weighted by atomic mass is 32.2. The Hall–Kier alpha value is -1.56. The lowest BCUT2D eigenvalue weighted by Gasteiger charge is -2.35. The molecule has 1 aliphatic heterocycles. The highest BCUT2D eigenvalue weighted by Crippen LogP contribution is 2.52. The van der Waals surface area contributed by atoms with Crippen molar-refractivity contribution < 1.29 is 9.72 Å². The van der Waals surface area contributed by atoms with Crippen LogP contribution in [-0.4, -0.2) is 27.5 Å². The molecule has 2 saturated carbocycles. The lowest BCUT2D eigenvalue weighted by molar-refractivity contribution is -0.385. The average molecular weight is 318 g/mol. The van der Waals surface area contributed by atoms with Crippen LogP contribution in [0.4, 0.5) is 5.69 Å². The van der Waals surface area contributed by atoms with E-state index in [2.05, 4.69) is 0 Å². The molecule has 1 heterocycles. The first-order valence-corrected chi connectivity index (χ1v) is 8.86. The summed E-state index contributed by atoms with van der Waals surface area (Å²) in [6.07, 6.45) is 4.79. The van der Waals surface area contributed by atoms with Crippen LogP contribution >= 0.6 is 11.8 Å². The van der Waals surface area contributed by atoms with Crippen molar-refractivity contribution in [1.82, 2.24) is 4.90 Å². The van der Waals surface area contributed by atoms with Gasteiger partial charge in [-0.2, -0.15) is 0 Å². The predicted octanol–water partition coefficient (Wildman–Crippen LogP) is 3.36. The fourth-order valence-electron chi connectivity index (χ4n) is 4.45. The lowest BCUT2D eigenvalue weighted by Crippen LogP contribution is -2.41. The predicted molar refractivity (Wildman–Crippen MR) is 84.4 cm³/mol. The van der Waals surface area contributed by atoms with Crippen molar-refractivity contribution in [2.75, 3.05) is 5.75 Å². The summed E-state index contributed by atoms with van der Waals surface area (Å²) in [7, 11) is 0. The van der Waals surface area contributed by atoms with Crippen LogP contribution < -0.4 is 0 Å². The Balaban J connectivity index is 1.69. The molecule has 22 heavy (non-hydrogen) atoms. The molecule has 1 amide bonds. The third kappa shape index (κ3) is 2.12. The molecule has 5 nitrogen and oxygen atoms in total. The van der Waals surface area contributed by atoms with Gasteiger partial charge in [-0.25, -0.2) is 0 Å². The molecule has 1 saturated heterocycles. The number of benzene rings is 1. The maximum Gasteiger partial charge on any atom is 0.275 e. The van der Waals surface area contributed by atoms with Crippen LogP contribution in [0.5, 0.6) is 0 Å². The molecular weight excluding hydrogens is 300 g/mol. The summed E-state index contributed by atoms with van der Waals surface area (Å²) in [6.45, 7) is 0. The van der Waals surface area contributed by atoms with Crippen LogP contribution in [0.2, 0.25) is 0 Å². The molecule has 6 heteroatoms. The second-order valence-corrected chi connectivity index (χ2v) is 7.59. The van der Waals surface area contributed by atoms with Gasteiger partial charge in [-0.3, -0.25) is 14.9 Å². The Morgan fingerprint density at radius 2 is 2.05 bits per heavy atom. The van der Waals surface area contributed by atoms with E-state index in [4.69, 9.17) is 0 Å². The van der Waals surface area contributed by atoms with Crippen LogP contribution in [0.25, 0.3) is 0 Å². The van der Waals surface area contributed by atoms with E-state index in [1.807, 2.05) is 11.0 Å². The fourth-order valence-corrected chi connectivity index (χ4v) is 5.71. The van der Waals surface area contributed by atoms with Gasteiger partial charge in [-0.05, 0) is 37.2 Å². The van der Waals surface area contributed by atoms with Gasteiger partial charge in [0.15, 0.2) is 0 Å². The van der Waals surface area contributed by atoms with Crippen LogP contribution in [0.1, 0.15) is 36.6 Å². The second-order valence-electron chi connectivity index (χ2n) is 6.52. The number of thioether (sulfide) groups is 1. The van der Waals surface area contributed by atoms with Crippen molar-refractivity contribution >= 4 is 23.4 Å². The number of rotatable bonds is 3. The third-order valence-corrected chi connectivity index (χ3v) is 6.57. The van der Waals surface area contributed by atoms with E-state index in [0.29, 0.717) is 17.2 Å². The molecule has 4 atom stereocenters. The number of carbonyl (C=O) groups is 1. The van der Waals surface area contributed by atoms with Crippen molar-refractivity contribution in [1.29, 1.82) is 0 Å². The number of nitro benzene ring substituents is 1. The number of para-hydroxylation sites is 1. The maximum atomic E-state index is 12.4. The zero-order valence-electron chi connectivity index (χ0n) is 12.2. The maximum absolute atomic E-state index is 12.4. The Morgan fingerprint density at radius 3 is 2.73 bits per heavy atom. The van der Waals surface area contributed by atoms with Crippen molar-refractivity contribution in [3.05, 3.63) is 39.9 Å². The number of hydrogen-bond acceptors (Lipinski definition) is 4. The van der Waals surface area contributed by atoms with Crippen LogP contribution in [0.15, 0.2) is 24.3 Å². The van der Waals surface area contributed by atoms with E-state index in [1.54, 1.807) is 12.1 Å². The van der Waals surface area contributed by atoms with Crippen molar-refractivity contribution in [3.8, 4) is 0 Å². The van der Waals surface area contributed by atoms with Crippen LogP contribution in [0.3, 0.4) is 0 Å². The van der Waals surface area contributed by atoms with Gasteiger partial charge in [0.05, 0.1) is 16.2 Å². The zero-order valence-corrected chi connectivity index (χ0v) is 13.0. The molecule has 0 N–H and O–H groups in total.